The number of nitrogens with one attached hydrogen (secondary N) is 1. The first-order valence-electron chi connectivity index (χ1n) is 6.71. The minimum Gasteiger partial charge on any atom is -0.497 e. The number of rotatable bonds is 4. The molecule has 0 radical (unpaired) electrons. The number of methoxy groups -OCH3 is 1. The van der Waals surface area contributed by atoms with Crippen LogP contribution in [0.25, 0.3) is 11.4 Å². The van der Waals surface area contributed by atoms with Crippen molar-refractivity contribution in [3.05, 3.63) is 58.6 Å². The first-order chi connectivity index (χ1) is 11.2. The Kier molecular flexibility index (Phi) is 4.68. The molecule has 0 spiro atoms. The third-order valence-corrected chi connectivity index (χ3v) is 4.26. The maximum Gasteiger partial charge on any atom is 0.257 e. The number of hydrogen-bond acceptors (Lipinski definition) is 5. The van der Waals surface area contributed by atoms with Crippen LogP contribution in [0.1, 0.15) is 10.4 Å². The van der Waals surface area contributed by atoms with E-state index in [1.165, 1.54) is 0 Å². The molecule has 1 aromatic heterocycles. The molecule has 3 rings (SSSR count). The number of anilines is 1. The Hall–Kier alpha value is -2.25. The summed E-state index contributed by atoms with van der Waals surface area (Å²) in [6, 6.07) is 14.6. The van der Waals surface area contributed by atoms with Gasteiger partial charge in [0.25, 0.3) is 5.91 Å². The van der Waals surface area contributed by atoms with Gasteiger partial charge in [-0.2, -0.15) is 9.36 Å². The van der Waals surface area contributed by atoms with Crippen LogP contribution in [0.5, 0.6) is 5.75 Å². The zero-order chi connectivity index (χ0) is 16.2. The summed E-state index contributed by atoms with van der Waals surface area (Å²) < 4.78 is 10.3. The molecule has 1 N–H and O–H groups in total. The highest BCUT2D eigenvalue weighted by Crippen LogP contribution is 2.23. The lowest BCUT2D eigenvalue weighted by Crippen LogP contribution is -2.11. The number of hydrogen-bond donors (Lipinski definition) is 1. The maximum absolute atomic E-state index is 12.2. The van der Waals surface area contributed by atoms with Crippen molar-refractivity contribution < 1.29 is 9.53 Å². The minimum absolute atomic E-state index is 0.230. The van der Waals surface area contributed by atoms with Crippen LogP contribution in [-0.4, -0.2) is 22.4 Å². The molecule has 0 saturated carbocycles. The predicted octanol–water partition coefficient (Wildman–Crippen LogP) is 4.23. The summed E-state index contributed by atoms with van der Waals surface area (Å²) >= 11 is 4.54. The predicted molar refractivity (Wildman–Crippen MR) is 94.0 cm³/mol. The van der Waals surface area contributed by atoms with Crippen molar-refractivity contribution in [3.63, 3.8) is 0 Å². The molecule has 1 heterocycles. The van der Waals surface area contributed by atoms with Gasteiger partial charge in [0, 0.05) is 27.1 Å². The molecule has 0 aliphatic rings. The van der Waals surface area contributed by atoms with Gasteiger partial charge in [-0.15, -0.1) is 0 Å². The van der Waals surface area contributed by atoms with Gasteiger partial charge in [0.05, 0.1) is 7.11 Å². The Labute approximate surface area is 145 Å². The molecule has 5 nitrogen and oxygen atoms in total. The van der Waals surface area contributed by atoms with Gasteiger partial charge in [-0.1, -0.05) is 28.1 Å². The number of carbonyl (C=O) groups is 1. The second-order valence-electron chi connectivity index (χ2n) is 4.61. The molecule has 0 saturated heterocycles. The van der Waals surface area contributed by atoms with Crippen LogP contribution in [0, 0.1) is 0 Å². The van der Waals surface area contributed by atoms with Crippen molar-refractivity contribution in [1.82, 2.24) is 9.36 Å². The van der Waals surface area contributed by atoms with Gasteiger partial charge in [0.2, 0.25) is 5.13 Å². The maximum atomic E-state index is 12.2. The van der Waals surface area contributed by atoms with E-state index in [0.29, 0.717) is 22.3 Å². The number of halogens is 1. The van der Waals surface area contributed by atoms with Gasteiger partial charge in [0.15, 0.2) is 5.82 Å². The van der Waals surface area contributed by atoms with Crippen LogP contribution < -0.4 is 10.1 Å². The molecule has 0 fully saturated rings. The number of carbonyl (C=O) groups excluding carboxylic acids is 1. The summed E-state index contributed by atoms with van der Waals surface area (Å²) in [6.07, 6.45) is 0. The number of aromatic nitrogens is 2. The molecule has 0 bridgehead atoms. The van der Waals surface area contributed by atoms with E-state index < -0.39 is 0 Å². The number of amides is 1. The van der Waals surface area contributed by atoms with Crippen LogP contribution in [0.15, 0.2) is 53.0 Å². The van der Waals surface area contributed by atoms with Crippen LogP contribution in [0.3, 0.4) is 0 Å². The third-order valence-electron chi connectivity index (χ3n) is 3.10. The van der Waals surface area contributed by atoms with Crippen LogP contribution in [-0.2, 0) is 0 Å². The van der Waals surface area contributed by atoms with Crippen LogP contribution in [0.2, 0.25) is 0 Å². The van der Waals surface area contributed by atoms with Gasteiger partial charge in [0.1, 0.15) is 5.75 Å². The largest absolute Gasteiger partial charge is 0.497 e. The van der Waals surface area contributed by atoms with Crippen molar-refractivity contribution in [1.29, 1.82) is 0 Å². The second-order valence-corrected chi connectivity index (χ2v) is 6.28. The van der Waals surface area contributed by atoms with E-state index in [4.69, 9.17) is 4.74 Å². The lowest BCUT2D eigenvalue weighted by atomic mass is 10.2. The molecule has 0 atom stereocenters. The first-order valence-corrected chi connectivity index (χ1v) is 8.27. The molecule has 116 valence electrons. The molecule has 3 aromatic rings. The summed E-state index contributed by atoms with van der Waals surface area (Å²) in [5, 5.41) is 3.21. The first kappa shape index (κ1) is 15.6. The molecule has 0 aliphatic carbocycles. The Morgan fingerprint density at radius 2 is 1.83 bits per heavy atom. The number of nitrogens with zero attached hydrogens (tertiary/aromatic N) is 2. The molecule has 23 heavy (non-hydrogen) atoms. The summed E-state index contributed by atoms with van der Waals surface area (Å²) in [6.45, 7) is 0. The molecular formula is C16H12BrN3O2S. The third kappa shape index (κ3) is 3.75. The standard InChI is InChI=1S/C16H12BrN3O2S/c1-22-13-8-4-11(5-9-13)15(21)19-16-18-14(20-23-16)10-2-6-12(17)7-3-10/h2-9H,1H3,(H,18,19,20,21). The molecule has 2 aromatic carbocycles. The van der Waals surface area contributed by atoms with Crippen molar-refractivity contribution in [2.45, 2.75) is 0 Å². The lowest BCUT2D eigenvalue weighted by molar-refractivity contribution is 0.102. The average molecular weight is 390 g/mol. The fourth-order valence-electron chi connectivity index (χ4n) is 1.90. The molecule has 0 unspecified atom stereocenters. The SMILES string of the molecule is COc1ccc(C(=O)Nc2nc(-c3ccc(Br)cc3)ns2)cc1. The van der Waals surface area contributed by atoms with E-state index in [0.717, 1.165) is 21.6 Å². The Morgan fingerprint density at radius 3 is 2.48 bits per heavy atom. The number of ether oxygens (including phenoxy) is 1. The molecular weight excluding hydrogens is 378 g/mol. The highest BCUT2D eigenvalue weighted by Gasteiger charge is 2.11. The summed E-state index contributed by atoms with van der Waals surface area (Å²) in [7, 11) is 1.58. The Balaban J connectivity index is 1.73. The molecule has 0 aliphatic heterocycles. The quantitative estimate of drug-likeness (QED) is 0.724. The van der Waals surface area contributed by atoms with Crippen molar-refractivity contribution >= 4 is 38.5 Å². The fraction of sp³-hybridized carbons (Fsp3) is 0.0625. The lowest BCUT2D eigenvalue weighted by Gasteiger charge is -2.03. The summed E-state index contributed by atoms with van der Waals surface area (Å²) in [5.74, 6) is 1.06. The van der Waals surface area contributed by atoms with E-state index in [1.807, 2.05) is 24.3 Å². The normalized spacial score (nSPS) is 10.3. The summed E-state index contributed by atoms with van der Waals surface area (Å²) in [4.78, 5) is 16.5. The average Bonchev–Trinajstić information content (AvgIpc) is 3.04. The Morgan fingerprint density at radius 1 is 1.13 bits per heavy atom. The topological polar surface area (TPSA) is 64.1 Å². The van der Waals surface area contributed by atoms with Gasteiger partial charge < -0.3 is 4.74 Å². The van der Waals surface area contributed by atoms with Crippen LogP contribution in [0.4, 0.5) is 5.13 Å². The fourth-order valence-corrected chi connectivity index (χ4v) is 2.75. The highest BCUT2D eigenvalue weighted by molar-refractivity contribution is 9.10. The van der Waals surface area contributed by atoms with E-state index in [2.05, 4.69) is 30.6 Å². The summed E-state index contributed by atoms with van der Waals surface area (Å²) in [5.41, 5.74) is 1.43. The van der Waals surface area contributed by atoms with E-state index in [-0.39, 0.29) is 5.91 Å². The van der Waals surface area contributed by atoms with Crippen molar-refractivity contribution in [2.75, 3.05) is 12.4 Å². The highest BCUT2D eigenvalue weighted by atomic mass is 79.9. The van der Waals surface area contributed by atoms with Gasteiger partial charge in [-0.3, -0.25) is 10.1 Å². The van der Waals surface area contributed by atoms with Gasteiger partial charge in [-0.05, 0) is 36.4 Å². The smallest absolute Gasteiger partial charge is 0.257 e. The van der Waals surface area contributed by atoms with E-state index in [1.54, 1.807) is 31.4 Å². The van der Waals surface area contributed by atoms with Gasteiger partial charge >= 0.3 is 0 Å². The molecule has 7 heteroatoms. The van der Waals surface area contributed by atoms with E-state index in [9.17, 15) is 4.79 Å². The van der Waals surface area contributed by atoms with Crippen molar-refractivity contribution in [2.24, 2.45) is 0 Å². The van der Waals surface area contributed by atoms with E-state index >= 15 is 0 Å². The minimum atomic E-state index is -0.230. The monoisotopic (exact) mass is 389 g/mol. The number of benzene rings is 2. The van der Waals surface area contributed by atoms with Crippen molar-refractivity contribution in [3.8, 4) is 17.1 Å². The Bertz CT molecular complexity index is 816. The zero-order valence-corrected chi connectivity index (χ0v) is 14.5. The second kappa shape index (κ2) is 6.89. The van der Waals surface area contributed by atoms with Gasteiger partial charge in [-0.25, -0.2) is 0 Å². The zero-order valence-electron chi connectivity index (χ0n) is 12.1. The molecule has 1 amide bonds. The van der Waals surface area contributed by atoms with Crippen LogP contribution >= 0.6 is 27.5 Å².